The molecular weight excluding hydrogens is 343 g/mol. The number of aromatic nitrogens is 4. The van der Waals surface area contributed by atoms with Gasteiger partial charge in [0.2, 0.25) is 5.95 Å². The lowest BCUT2D eigenvalue weighted by molar-refractivity contribution is 0.137. The van der Waals surface area contributed by atoms with Crippen molar-refractivity contribution >= 4 is 11.8 Å². The number of anilines is 2. The second-order valence-electron chi connectivity index (χ2n) is 6.63. The molecule has 0 spiro atoms. The number of halogens is 1. The van der Waals surface area contributed by atoms with Crippen molar-refractivity contribution in [3.05, 3.63) is 72.2 Å². The van der Waals surface area contributed by atoms with Crippen LogP contribution in [0.5, 0.6) is 0 Å². The van der Waals surface area contributed by atoms with Gasteiger partial charge in [-0.05, 0) is 43.1 Å². The van der Waals surface area contributed by atoms with E-state index in [1.54, 1.807) is 24.8 Å². The lowest BCUT2D eigenvalue weighted by atomic mass is 9.98. The molecule has 0 amide bonds. The molecule has 6 nitrogen and oxygen atoms in total. The summed E-state index contributed by atoms with van der Waals surface area (Å²) in [5.74, 6) is 0.922. The molecule has 0 aliphatic carbocycles. The Bertz CT molecular complexity index is 871. The molecule has 3 heterocycles. The third kappa shape index (κ3) is 4.43. The minimum absolute atomic E-state index is 0.204. The van der Waals surface area contributed by atoms with E-state index in [0.29, 0.717) is 11.8 Å². The Balaban J connectivity index is 1.52. The maximum atomic E-state index is 13.2. The van der Waals surface area contributed by atoms with E-state index < -0.39 is 0 Å². The van der Waals surface area contributed by atoms with E-state index in [1.165, 1.54) is 18.6 Å². The van der Waals surface area contributed by atoms with E-state index in [9.17, 15) is 4.39 Å². The summed E-state index contributed by atoms with van der Waals surface area (Å²) in [7, 11) is 0. The van der Waals surface area contributed by atoms with Crippen molar-refractivity contribution in [1.29, 1.82) is 0 Å². The van der Waals surface area contributed by atoms with Crippen molar-refractivity contribution in [2.24, 2.45) is 0 Å². The van der Waals surface area contributed by atoms with Crippen molar-refractivity contribution in [3.63, 3.8) is 0 Å². The molecule has 1 fully saturated rings. The molecule has 7 heteroatoms. The van der Waals surface area contributed by atoms with Gasteiger partial charge >= 0.3 is 0 Å². The van der Waals surface area contributed by atoms with Crippen LogP contribution in [0.1, 0.15) is 36.6 Å². The zero-order chi connectivity index (χ0) is 18.5. The van der Waals surface area contributed by atoms with E-state index in [4.69, 9.17) is 4.98 Å². The van der Waals surface area contributed by atoms with Crippen LogP contribution in [-0.4, -0.2) is 31.4 Å². The fraction of sp³-hybridized carbons (Fsp3) is 0.300. The lowest BCUT2D eigenvalue weighted by Crippen LogP contribution is -2.33. The van der Waals surface area contributed by atoms with Gasteiger partial charge in [0, 0.05) is 25.1 Å². The number of benzene rings is 1. The SMILES string of the molecule is Fc1ccc(CN2CCCCC2c2ccnc(Nc3cnccn3)n2)cc1. The fourth-order valence-corrected chi connectivity index (χ4v) is 3.44. The molecule has 1 aliphatic rings. The van der Waals surface area contributed by atoms with Gasteiger partial charge in [-0.1, -0.05) is 18.6 Å². The first-order valence-electron chi connectivity index (χ1n) is 9.12. The topological polar surface area (TPSA) is 66.8 Å². The van der Waals surface area contributed by atoms with Crippen LogP contribution < -0.4 is 5.32 Å². The van der Waals surface area contributed by atoms with Crippen molar-refractivity contribution in [3.8, 4) is 0 Å². The maximum Gasteiger partial charge on any atom is 0.228 e. The van der Waals surface area contributed by atoms with Crippen LogP contribution in [0, 0.1) is 5.82 Å². The van der Waals surface area contributed by atoms with E-state index in [1.807, 2.05) is 18.2 Å². The van der Waals surface area contributed by atoms with E-state index in [-0.39, 0.29) is 11.9 Å². The molecular formula is C20H21FN6. The summed E-state index contributed by atoms with van der Waals surface area (Å²) < 4.78 is 13.2. The minimum Gasteiger partial charge on any atom is -0.307 e. The first-order chi connectivity index (χ1) is 13.3. The first-order valence-corrected chi connectivity index (χ1v) is 9.12. The average molecular weight is 364 g/mol. The van der Waals surface area contributed by atoms with Crippen LogP contribution in [-0.2, 0) is 6.54 Å². The molecule has 27 heavy (non-hydrogen) atoms. The Morgan fingerprint density at radius 3 is 2.74 bits per heavy atom. The van der Waals surface area contributed by atoms with Crippen molar-refractivity contribution in [2.45, 2.75) is 31.8 Å². The van der Waals surface area contributed by atoms with Gasteiger partial charge in [0.1, 0.15) is 5.82 Å². The first kappa shape index (κ1) is 17.5. The number of nitrogens with zero attached hydrogens (tertiary/aromatic N) is 5. The van der Waals surface area contributed by atoms with Crippen LogP contribution >= 0.6 is 0 Å². The zero-order valence-corrected chi connectivity index (χ0v) is 14.9. The average Bonchev–Trinajstić information content (AvgIpc) is 2.71. The van der Waals surface area contributed by atoms with E-state index in [0.717, 1.165) is 37.2 Å². The van der Waals surface area contributed by atoms with Gasteiger partial charge in [-0.3, -0.25) is 9.88 Å². The molecule has 0 radical (unpaired) electrons. The summed E-state index contributed by atoms with van der Waals surface area (Å²) in [6.07, 6.45) is 10.0. The molecule has 4 rings (SSSR count). The lowest BCUT2D eigenvalue weighted by Gasteiger charge is -2.35. The second kappa shape index (κ2) is 8.18. The molecule has 1 N–H and O–H groups in total. The van der Waals surface area contributed by atoms with Crippen molar-refractivity contribution in [2.75, 3.05) is 11.9 Å². The fourth-order valence-electron chi connectivity index (χ4n) is 3.44. The molecule has 3 aromatic rings. The van der Waals surface area contributed by atoms with E-state index in [2.05, 4.69) is 25.2 Å². The molecule has 0 bridgehead atoms. The predicted octanol–water partition coefficient (Wildman–Crippen LogP) is 3.88. The Hall–Kier alpha value is -2.93. The normalized spacial score (nSPS) is 17.6. The van der Waals surface area contributed by atoms with Gasteiger partial charge in [-0.2, -0.15) is 0 Å². The van der Waals surface area contributed by atoms with E-state index >= 15 is 0 Å². The van der Waals surface area contributed by atoms with Gasteiger partial charge < -0.3 is 5.32 Å². The zero-order valence-electron chi connectivity index (χ0n) is 14.9. The predicted molar refractivity (Wildman–Crippen MR) is 101 cm³/mol. The van der Waals surface area contributed by atoms with Crippen LogP contribution in [0.3, 0.4) is 0 Å². The molecule has 138 valence electrons. The van der Waals surface area contributed by atoms with Crippen LogP contribution in [0.4, 0.5) is 16.2 Å². The Labute approximate surface area is 157 Å². The Morgan fingerprint density at radius 1 is 1.04 bits per heavy atom. The molecule has 0 saturated carbocycles. The van der Waals surface area contributed by atoms with Gasteiger partial charge in [-0.15, -0.1) is 0 Å². The number of rotatable bonds is 5. The number of nitrogens with one attached hydrogen (secondary N) is 1. The highest BCUT2D eigenvalue weighted by molar-refractivity contribution is 5.45. The Morgan fingerprint density at radius 2 is 1.93 bits per heavy atom. The summed E-state index contributed by atoms with van der Waals surface area (Å²) in [5.41, 5.74) is 2.09. The number of hydrogen-bond donors (Lipinski definition) is 1. The number of likely N-dealkylation sites (tertiary alicyclic amines) is 1. The molecule has 2 aromatic heterocycles. The smallest absolute Gasteiger partial charge is 0.228 e. The highest BCUT2D eigenvalue weighted by Gasteiger charge is 2.25. The summed E-state index contributed by atoms with van der Waals surface area (Å²) in [5, 5.41) is 3.10. The monoisotopic (exact) mass is 364 g/mol. The molecule has 1 aliphatic heterocycles. The maximum absolute atomic E-state index is 13.2. The van der Waals surface area contributed by atoms with Crippen molar-refractivity contribution in [1.82, 2.24) is 24.8 Å². The molecule has 1 saturated heterocycles. The Kier molecular flexibility index (Phi) is 5.29. The highest BCUT2D eigenvalue weighted by Crippen LogP contribution is 2.31. The van der Waals surface area contributed by atoms with Gasteiger partial charge in [-0.25, -0.2) is 19.3 Å². The minimum atomic E-state index is -0.204. The van der Waals surface area contributed by atoms with Crippen LogP contribution in [0.15, 0.2) is 55.1 Å². The standard InChI is InChI=1S/C20H21FN6/c21-16-6-4-15(5-7-16)14-27-12-2-1-3-18(27)17-8-9-24-20(25-17)26-19-13-22-10-11-23-19/h4-11,13,18H,1-3,12,14H2,(H,23,24,25,26). The highest BCUT2D eigenvalue weighted by atomic mass is 19.1. The summed E-state index contributed by atoms with van der Waals surface area (Å²) in [6, 6.07) is 8.91. The second-order valence-corrected chi connectivity index (χ2v) is 6.63. The third-order valence-corrected chi connectivity index (χ3v) is 4.73. The summed E-state index contributed by atoms with van der Waals surface area (Å²) in [6.45, 7) is 1.78. The largest absolute Gasteiger partial charge is 0.307 e. The van der Waals surface area contributed by atoms with Gasteiger partial charge in [0.25, 0.3) is 0 Å². The quantitative estimate of drug-likeness (QED) is 0.741. The van der Waals surface area contributed by atoms with Gasteiger partial charge in [0.05, 0.1) is 17.9 Å². The van der Waals surface area contributed by atoms with Crippen LogP contribution in [0.25, 0.3) is 0 Å². The molecule has 1 aromatic carbocycles. The van der Waals surface area contributed by atoms with Crippen LogP contribution in [0.2, 0.25) is 0 Å². The third-order valence-electron chi connectivity index (χ3n) is 4.73. The summed E-state index contributed by atoms with van der Waals surface area (Å²) in [4.78, 5) is 19.7. The molecule has 1 atom stereocenters. The van der Waals surface area contributed by atoms with Gasteiger partial charge in [0.15, 0.2) is 5.82 Å². The van der Waals surface area contributed by atoms with Crippen molar-refractivity contribution < 1.29 is 4.39 Å². The molecule has 1 unspecified atom stereocenters. The summed E-state index contributed by atoms with van der Waals surface area (Å²) >= 11 is 0. The number of hydrogen-bond acceptors (Lipinski definition) is 6. The number of piperidine rings is 1.